The molecule has 2 aromatic heterocycles. The minimum Gasteiger partial charge on any atom is -0.480 e. The van der Waals surface area contributed by atoms with Gasteiger partial charge >= 0.3 is 5.97 Å². The summed E-state index contributed by atoms with van der Waals surface area (Å²) in [7, 11) is 0. The number of carboxylic acid groups (broad SMARTS) is 1. The van der Waals surface area contributed by atoms with Gasteiger partial charge in [-0.2, -0.15) is 11.8 Å². The highest BCUT2D eigenvalue weighted by molar-refractivity contribution is 7.98. The number of aryl methyl sites for hydroxylation is 1. The zero-order valence-corrected chi connectivity index (χ0v) is 22.0. The molecule has 198 valence electrons. The summed E-state index contributed by atoms with van der Waals surface area (Å²) in [6.07, 6.45) is 8.81. The number of fused-ring (bicyclic) bond motifs is 1. The van der Waals surface area contributed by atoms with Gasteiger partial charge in [-0.3, -0.25) is 19.4 Å². The zero-order chi connectivity index (χ0) is 26.8. The molecule has 0 saturated carbocycles. The number of thioether (sulfide) groups is 1. The van der Waals surface area contributed by atoms with Crippen LogP contribution in [0.15, 0.2) is 49.1 Å². The predicted molar refractivity (Wildman–Crippen MR) is 146 cm³/mol. The number of pyridine rings is 1. The molecule has 4 atom stereocenters. The molecule has 0 radical (unpaired) electrons. The summed E-state index contributed by atoms with van der Waals surface area (Å²) >= 11 is 1.41. The Morgan fingerprint density at radius 1 is 1.16 bits per heavy atom. The Bertz CT molecular complexity index is 1180. The molecule has 0 amide bonds. The van der Waals surface area contributed by atoms with Crippen LogP contribution in [0, 0.1) is 11.8 Å². The molecule has 9 nitrogen and oxygen atoms in total. The molecule has 5 N–H and O–H groups in total. The lowest BCUT2D eigenvalue weighted by Crippen LogP contribution is -2.51. The molecule has 0 aliphatic rings. The van der Waals surface area contributed by atoms with Crippen LogP contribution in [0.3, 0.4) is 0 Å². The normalized spacial score (nSPS) is 14.7. The maximum Gasteiger partial charge on any atom is 0.321 e. The van der Waals surface area contributed by atoms with E-state index in [2.05, 4.69) is 20.3 Å². The number of H-pyrrole nitrogens is 1. The third kappa shape index (κ3) is 7.95. The molecule has 0 fully saturated rings. The van der Waals surface area contributed by atoms with Crippen molar-refractivity contribution in [2.75, 3.05) is 18.6 Å². The highest BCUT2D eigenvalue weighted by Crippen LogP contribution is 2.23. The van der Waals surface area contributed by atoms with E-state index in [1.807, 2.05) is 43.5 Å². The number of ketones is 2. The highest BCUT2D eigenvalue weighted by Gasteiger charge is 2.35. The van der Waals surface area contributed by atoms with E-state index in [9.17, 15) is 19.5 Å². The molecule has 0 aliphatic heterocycles. The highest BCUT2D eigenvalue weighted by atomic mass is 32.2. The van der Waals surface area contributed by atoms with E-state index in [-0.39, 0.29) is 35.8 Å². The standard InChI is InChI=1S/C27H35N5O4S/c1-17(7-9-20(33)10-8-19-13-29-16-32-19)23(28)14-31-25(27(35)36)22(15-37-2)26(34)24-21-6-4-3-5-18(21)11-12-30-24/h3-6,11-13,16-17,22-23,25,31H,7-10,14-15,28H2,1-2H3,(H,29,32)(H,35,36)/t17?,22-,23?,25-/m0/s1. The second kappa shape index (κ2) is 14.0. The van der Waals surface area contributed by atoms with Crippen molar-refractivity contribution in [3.8, 4) is 0 Å². The Labute approximate surface area is 221 Å². The minimum absolute atomic E-state index is 0.00860. The maximum atomic E-state index is 13.5. The number of Topliss-reactive ketones (excluding diaryl/α,β-unsaturated/α-hetero) is 2. The van der Waals surface area contributed by atoms with Crippen LogP contribution in [-0.4, -0.2) is 68.2 Å². The first-order valence-corrected chi connectivity index (χ1v) is 13.8. The quantitative estimate of drug-likeness (QED) is 0.207. The van der Waals surface area contributed by atoms with Gasteiger partial charge in [0.25, 0.3) is 0 Å². The second-order valence-corrected chi connectivity index (χ2v) is 10.2. The van der Waals surface area contributed by atoms with Gasteiger partial charge in [-0.25, -0.2) is 4.98 Å². The SMILES string of the molecule is CSC[C@H](C(=O)c1nccc2ccccc12)[C@H](NCC(N)C(C)CCC(=O)CCc1c[nH]cn1)C(=O)O. The third-order valence-electron chi connectivity index (χ3n) is 6.66. The molecule has 37 heavy (non-hydrogen) atoms. The van der Waals surface area contributed by atoms with Crippen LogP contribution < -0.4 is 11.1 Å². The molecule has 2 unspecified atom stereocenters. The number of carboxylic acids is 1. The molecule has 2 heterocycles. The molecule has 1 aromatic carbocycles. The summed E-state index contributed by atoms with van der Waals surface area (Å²) < 4.78 is 0. The molecule has 3 rings (SSSR count). The van der Waals surface area contributed by atoms with Gasteiger partial charge in [0.15, 0.2) is 5.78 Å². The second-order valence-electron chi connectivity index (χ2n) is 9.31. The average Bonchev–Trinajstić information content (AvgIpc) is 3.42. The van der Waals surface area contributed by atoms with Crippen LogP contribution in [0.5, 0.6) is 0 Å². The third-order valence-corrected chi connectivity index (χ3v) is 7.35. The Morgan fingerprint density at radius 2 is 1.95 bits per heavy atom. The van der Waals surface area contributed by atoms with Crippen LogP contribution in [0.2, 0.25) is 0 Å². The number of imidazole rings is 1. The van der Waals surface area contributed by atoms with E-state index in [1.54, 1.807) is 18.7 Å². The topological polar surface area (TPSA) is 151 Å². The number of nitrogens with zero attached hydrogens (tertiary/aromatic N) is 2. The van der Waals surface area contributed by atoms with Crippen LogP contribution in [0.25, 0.3) is 10.8 Å². The first kappa shape index (κ1) is 28.5. The monoisotopic (exact) mass is 525 g/mol. The van der Waals surface area contributed by atoms with Gasteiger partial charge in [0.1, 0.15) is 17.5 Å². The lowest BCUT2D eigenvalue weighted by atomic mass is 9.91. The molecule has 0 spiro atoms. The lowest BCUT2D eigenvalue weighted by molar-refractivity contribution is -0.140. The Morgan fingerprint density at radius 3 is 2.65 bits per heavy atom. The molecule has 3 aromatic rings. The molecular formula is C27H35N5O4S. The van der Waals surface area contributed by atoms with Crippen molar-refractivity contribution < 1.29 is 19.5 Å². The first-order chi connectivity index (χ1) is 17.8. The number of rotatable bonds is 16. The summed E-state index contributed by atoms with van der Waals surface area (Å²) in [6.45, 7) is 2.16. The molecular weight excluding hydrogens is 490 g/mol. The smallest absolute Gasteiger partial charge is 0.321 e. The summed E-state index contributed by atoms with van der Waals surface area (Å²) in [5.74, 6) is -1.78. The number of carbonyl (C=O) groups excluding carboxylic acids is 2. The minimum atomic E-state index is -1.12. The number of carbonyl (C=O) groups is 3. The van der Waals surface area contributed by atoms with E-state index in [1.165, 1.54) is 11.8 Å². The maximum absolute atomic E-state index is 13.5. The molecule has 10 heteroatoms. The number of nitrogens with two attached hydrogens (primary N) is 1. The number of nitrogens with one attached hydrogen (secondary N) is 2. The number of aromatic nitrogens is 3. The average molecular weight is 526 g/mol. The molecule has 0 aliphatic carbocycles. The van der Waals surface area contributed by atoms with Crippen LogP contribution in [0.1, 0.15) is 42.4 Å². The summed E-state index contributed by atoms with van der Waals surface area (Å²) in [6, 6.07) is 7.77. The van der Waals surface area contributed by atoms with Gasteiger partial charge in [-0.15, -0.1) is 0 Å². The summed E-state index contributed by atoms with van der Waals surface area (Å²) in [4.78, 5) is 49.4. The first-order valence-electron chi connectivity index (χ1n) is 12.4. The molecule has 0 bridgehead atoms. The van der Waals surface area contributed by atoms with Crippen LogP contribution in [0.4, 0.5) is 0 Å². The van der Waals surface area contributed by atoms with E-state index >= 15 is 0 Å². The molecule has 0 saturated heterocycles. The Hall–Kier alpha value is -3.08. The van der Waals surface area contributed by atoms with Gasteiger partial charge in [0.05, 0.1) is 17.9 Å². The van der Waals surface area contributed by atoms with Gasteiger partial charge in [-0.05, 0) is 36.5 Å². The number of aromatic amines is 1. The van der Waals surface area contributed by atoms with E-state index in [0.29, 0.717) is 36.8 Å². The van der Waals surface area contributed by atoms with Crippen molar-refractivity contribution in [2.45, 2.75) is 44.7 Å². The lowest BCUT2D eigenvalue weighted by Gasteiger charge is -2.27. The van der Waals surface area contributed by atoms with Crippen molar-refractivity contribution >= 4 is 40.1 Å². The fourth-order valence-corrected chi connectivity index (χ4v) is 4.99. The van der Waals surface area contributed by atoms with Gasteiger partial charge in [0, 0.05) is 49.0 Å². The fraction of sp³-hybridized carbons (Fsp3) is 0.444. The summed E-state index contributed by atoms with van der Waals surface area (Å²) in [5.41, 5.74) is 7.49. The predicted octanol–water partition coefficient (Wildman–Crippen LogP) is 3.11. The van der Waals surface area contributed by atoms with E-state index in [0.717, 1.165) is 11.1 Å². The van der Waals surface area contributed by atoms with Crippen molar-refractivity contribution in [3.05, 3.63) is 60.4 Å². The van der Waals surface area contributed by atoms with Crippen LogP contribution in [-0.2, 0) is 16.0 Å². The Balaban J connectivity index is 1.60. The van der Waals surface area contributed by atoms with Gasteiger partial charge < -0.3 is 21.1 Å². The van der Waals surface area contributed by atoms with Gasteiger partial charge in [0.2, 0.25) is 0 Å². The van der Waals surface area contributed by atoms with E-state index in [4.69, 9.17) is 5.73 Å². The largest absolute Gasteiger partial charge is 0.480 e. The Kier molecular flexibility index (Phi) is 10.8. The number of benzene rings is 1. The van der Waals surface area contributed by atoms with Crippen molar-refractivity contribution in [2.24, 2.45) is 17.6 Å². The van der Waals surface area contributed by atoms with Gasteiger partial charge in [-0.1, -0.05) is 31.2 Å². The van der Waals surface area contributed by atoms with E-state index < -0.39 is 17.9 Å². The number of hydrogen-bond donors (Lipinski definition) is 4. The van der Waals surface area contributed by atoms with Crippen molar-refractivity contribution in [1.82, 2.24) is 20.3 Å². The zero-order valence-electron chi connectivity index (χ0n) is 21.2. The van der Waals surface area contributed by atoms with Crippen molar-refractivity contribution in [3.63, 3.8) is 0 Å². The van der Waals surface area contributed by atoms with Crippen LogP contribution >= 0.6 is 11.8 Å². The number of hydrogen-bond acceptors (Lipinski definition) is 8. The number of aliphatic carboxylic acids is 1. The summed E-state index contributed by atoms with van der Waals surface area (Å²) in [5, 5.41) is 14.6. The van der Waals surface area contributed by atoms with Crippen molar-refractivity contribution in [1.29, 1.82) is 0 Å². The fourth-order valence-electron chi connectivity index (χ4n) is 4.28.